The van der Waals surface area contributed by atoms with Crippen molar-refractivity contribution < 1.29 is 14.1 Å². The summed E-state index contributed by atoms with van der Waals surface area (Å²) in [6, 6.07) is 3.65. The van der Waals surface area contributed by atoms with Crippen molar-refractivity contribution in [3.63, 3.8) is 0 Å². The summed E-state index contributed by atoms with van der Waals surface area (Å²) in [4.78, 5) is 37.9. The molecule has 1 aliphatic heterocycles. The lowest BCUT2D eigenvalue weighted by molar-refractivity contribution is -0.127. The highest BCUT2D eigenvalue weighted by Crippen LogP contribution is 2.37. The van der Waals surface area contributed by atoms with Gasteiger partial charge in [-0.15, -0.1) is 0 Å². The van der Waals surface area contributed by atoms with Crippen molar-refractivity contribution in [1.29, 1.82) is 0 Å². The van der Waals surface area contributed by atoms with E-state index in [9.17, 15) is 9.59 Å². The number of carbonyl (C=O) groups is 2. The van der Waals surface area contributed by atoms with Crippen LogP contribution < -0.4 is 10.6 Å². The van der Waals surface area contributed by atoms with Crippen LogP contribution in [-0.2, 0) is 11.2 Å². The van der Waals surface area contributed by atoms with Gasteiger partial charge in [-0.25, -0.2) is 9.97 Å². The number of likely N-dealkylation sites (tertiary alicyclic amines) is 1. The quantitative estimate of drug-likeness (QED) is 0.733. The van der Waals surface area contributed by atoms with E-state index in [2.05, 4.69) is 15.1 Å². The highest BCUT2D eigenvalue weighted by molar-refractivity contribution is 5.94. The van der Waals surface area contributed by atoms with Gasteiger partial charge in [0, 0.05) is 51.3 Å². The summed E-state index contributed by atoms with van der Waals surface area (Å²) in [5.74, 6) is 0.926. The highest BCUT2D eigenvalue weighted by atomic mass is 16.5. The Morgan fingerprint density at radius 1 is 1.22 bits per heavy atom. The van der Waals surface area contributed by atoms with E-state index < -0.39 is 11.3 Å². The Kier molecular flexibility index (Phi) is 6.17. The third-order valence-corrected chi connectivity index (χ3v) is 6.74. The molecule has 0 aromatic carbocycles. The third-order valence-electron chi connectivity index (χ3n) is 6.74. The van der Waals surface area contributed by atoms with Gasteiger partial charge in [0.15, 0.2) is 0 Å². The van der Waals surface area contributed by atoms with Gasteiger partial charge in [0.2, 0.25) is 11.9 Å². The van der Waals surface area contributed by atoms with Crippen LogP contribution in [0.15, 0.2) is 16.7 Å². The zero-order valence-electron chi connectivity index (χ0n) is 19.1. The molecule has 1 saturated heterocycles. The normalized spacial score (nSPS) is 21.7. The molecule has 172 valence electrons. The van der Waals surface area contributed by atoms with Crippen molar-refractivity contribution in [3.8, 4) is 0 Å². The number of hydrogen-bond donors (Lipinski definition) is 1. The van der Waals surface area contributed by atoms with Gasteiger partial charge in [0.05, 0.1) is 11.1 Å². The average molecular weight is 441 g/mol. The number of carbonyl (C=O) groups excluding carboxylic acids is 2. The van der Waals surface area contributed by atoms with Gasteiger partial charge in [-0.05, 0) is 32.3 Å². The van der Waals surface area contributed by atoms with Gasteiger partial charge in [0.25, 0.3) is 5.91 Å². The van der Waals surface area contributed by atoms with E-state index in [4.69, 9.17) is 10.3 Å². The van der Waals surface area contributed by atoms with E-state index in [1.54, 1.807) is 15.9 Å². The number of nitrogens with two attached hydrogens (primary N) is 1. The Bertz CT molecular complexity index is 997. The first-order valence-corrected chi connectivity index (χ1v) is 11.3. The fourth-order valence-electron chi connectivity index (χ4n) is 4.84. The van der Waals surface area contributed by atoms with Crippen LogP contribution in [0.5, 0.6) is 0 Å². The van der Waals surface area contributed by atoms with E-state index in [0.29, 0.717) is 48.4 Å². The molecule has 4 rings (SSSR count). The number of hydrogen-bond acceptors (Lipinski definition) is 7. The van der Waals surface area contributed by atoms with Gasteiger partial charge in [-0.2, -0.15) is 0 Å². The fourth-order valence-corrected chi connectivity index (χ4v) is 4.84. The van der Waals surface area contributed by atoms with Crippen molar-refractivity contribution >= 4 is 17.8 Å². The summed E-state index contributed by atoms with van der Waals surface area (Å²) >= 11 is 0. The first-order chi connectivity index (χ1) is 15.3. The fraction of sp³-hybridized carbons (Fsp3) is 0.609. The lowest BCUT2D eigenvalue weighted by Crippen LogP contribution is -2.42. The second-order valence-corrected chi connectivity index (χ2v) is 9.44. The zero-order valence-corrected chi connectivity index (χ0v) is 19.1. The Balaban J connectivity index is 1.50. The predicted octanol–water partition coefficient (Wildman–Crippen LogP) is 2.45. The number of aromatic nitrogens is 3. The van der Waals surface area contributed by atoms with Crippen molar-refractivity contribution in [2.45, 2.75) is 57.8 Å². The van der Waals surface area contributed by atoms with Crippen LogP contribution in [0.25, 0.3) is 0 Å². The van der Waals surface area contributed by atoms with Crippen molar-refractivity contribution in [1.82, 2.24) is 20.0 Å². The SMILES string of the molecule is Cc1cc(C(=O)N2CCC(Cc3cc(C4CCCCC4)no3)(C(N)=O)C2)nc(N(C)C)n1. The number of primary amides is 1. The minimum absolute atomic E-state index is 0.220. The zero-order chi connectivity index (χ0) is 22.9. The molecule has 3 heterocycles. The molecule has 9 nitrogen and oxygen atoms in total. The van der Waals surface area contributed by atoms with Crippen LogP contribution >= 0.6 is 0 Å². The largest absolute Gasteiger partial charge is 0.369 e. The topological polar surface area (TPSA) is 118 Å². The molecule has 2 N–H and O–H groups in total. The maximum atomic E-state index is 13.2. The second kappa shape index (κ2) is 8.88. The van der Waals surface area contributed by atoms with E-state index >= 15 is 0 Å². The Hall–Kier alpha value is -2.97. The molecule has 1 aliphatic carbocycles. The second-order valence-electron chi connectivity index (χ2n) is 9.44. The van der Waals surface area contributed by atoms with Gasteiger partial charge in [-0.3, -0.25) is 9.59 Å². The summed E-state index contributed by atoms with van der Waals surface area (Å²) in [6.45, 7) is 2.50. The summed E-state index contributed by atoms with van der Waals surface area (Å²) in [5.41, 5.74) is 6.98. The van der Waals surface area contributed by atoms with E-state index in [0.717, 1.165) is 18.5 Å². The van der Waals surface area contributed by atoms with Crippen LogP contribution in [0, 0.1) is 12.3 Å². The number of aryl methyl sites for hydroxylation is 1. The van der Waals surface area contributed by atoms with Crippen LogP contribution in [0.3, 0.4) is 0 Å². The molecule has 2 aromatic heterocycles. The van der Waals surface area contributed by atoms with Gasteiger partial charge < -0.3 is 20.1 Å². The number of anilines is 1. The standard InChI is InChI=1S/C23H32N6O3/c1-15-11-19(26-22(25-15)28(2)3)20(30)29-10-9-23(14-29,21(24)31)13-17-12-18(27-32-17)16-7-5-4-6-8-16/h11-12,16H,4-10,13-14H2,1-3H3,(H2,24,31). The van der Waals surface area contributed by atoms with Crippen LogP contribution in [-0.4, -0.2) is 59.0 Å². The molecule has 2 amide bonds. The number of amides is 2. The predicted molar refractivity (Wildman–Crippen MR) is 119 cm³/mol. The summed E-state index contributed by atoms with van der Waals surface area (Å²) in [7, 11) is 3.66. The molecule has 0 spiro atoms. The van der Waals surface area contributed by atoms with Crippen molar-refractivity contribution in [2.24, 2.45) is 11.1 Å². The van der Waals surface area contributed by atoms with Crippen LogP contribution in [0.1, 0.15) is 72.1 Å². The molecule has 2 aromatic rings. The molecular formula is C23H32N6O3. The Labute approximate surface area is 188 Å². The molecule has 1 unspecified atom stereocenters. The molecule has 0 bridgehead atoms. The maximum absolute atomic E-state index is 13.2. The monoisotopic (exact) mass is 440 g/mol. The summed E-state index contributed by atoms with van der Waals surface area (Å²) in [5, 5.41) is 4.28. The first kappa shape index (κ1) is 22.2. The molecule has 1 saturated carbocycles. The van der Waals surface area contributed by atoms with E-state index in [1.165, 1.54) is 19.3 Å². The molecule has 2 fully saturated rings. The van der Waals surface area contributed by atoms with Crippen LogP contribution in [0.2, 0.25) is 0 Å². The van der Waals surface area contributed by atoms with Gasteiger partial charge in [-0.1, -0.05) is 24.4 Å². The minimum atomic E-state index is -0.870. The summed E-state index contributed by atoms with van der Waals surface area (Å²) < 4.78 is 5.61. The average Bonchev–Trinajstić information content (AvgIpc) is 3.42. The smallest absolute Gasteiger partial charge is 0.272 e. The lowest BCUT2D eigenvalue weighted by atomic mass is 9.81. The lowest BCUT2D eigenvalue weighted by Gasteiger charge is -2.25. The molecule has 1 atom stereocenters. The maximum Gasteiger partial charge on any atom is 0.272 e. The Morgan fingerprint density at radius 2 is 1.97 bits per heavy atom. The van der Waals surface area contributed by atoms with E-state index in [-0.39, 0.29) is 12.5 Å². The first-order valence-electron chi connectivity index (χ1n) is 11.3. The molecule has 0 radical (unpaired) electrons. The van der Waals surface area contributed by atoms with Gasteiger partial charge >= 0.3 is 0 Å². The Morgan fingerprint density at radius 3 is 2.66 bits per heavy atom. The molecule has 32 heavy (non-hydrogen) atoms. The molecular weight excluding hydrogens is 408 g/mol. The van der Waals surface area contributed by atoms with Crippen molar-refractivity contribution in [3.05, 3.63) is 35.0 Å². The minimum Gasteiger partial charge on any atom is -0.369 e. The highest BCUT2D eigenvalue weighted by Gasteiger charge is 2.46. The summed E-state index contributed by atoms with van der Waals surface area (Å²) in [6.07, 6.45) is 6.79. The van der Waals surface area contributed by atoms with Crippen LogP contribution in [0.4, 0.5) is 5.95 Å². The van der Waals surface area contributed by atoms with Crippen molar-refractivity contribution in [2.75, 3.05) is 32.1 Å². The third kappa shape index (κ3) is 4.47. The molecule has 2 aliphatic rings. The van der Waals surface area contributed by atoms with Gasteiger partial charge in [0.1, 0.15) is 11.5 Å². The number of rotatable bonds is 6. The molecule has 9 heteroatoms. The number of nitrogens with zero attached hydrogens (tertiary/aromatic N) is 5. The van der Waals surface area contributed by atoms with E-state index in [1.807, 2.05) is 27.1 Å².